The quantitative estimate of drug-likeness (QED) is 0.705. The maximum absolute atomic E-state index is 10.4. The maximum atomic E-state index is 10.4. The Hall–Kier alpha value is -0.690. The molecule has 0 aromatic carbocycles. The van der Waals surface area contributed by atoms with Gasteiger partial charge in [0, 0.05) is 18.9 Å². The van der Waals surface area contributed by atoms with Crippen LogP contribution in [0.5, 0.6) is 0 Å². The van der Waals surface area contributed by atoms with Crippen molar-refractivity contribution in [1.29, 1.82) is 0 Å². The second-order valence-electron chi connectivity index (χ2n) is 5.00. The third kappa shape index (κ3) is 4.42. The molecule has 19 heavy (non-hydrogen) atoms. The molecule has 1 aliphatic heterocycles. The number of hydrogen-bond donors (Lipinski definition) is 2. The molecule has 112 valence electrons. The predicted octanol–water partition coefficient (Wildman–Crippen LogP) is 0.525. The van der Waals surface area contributed by atoms with Crippen LogP contribution in [0.3, 0.4) is 0 Å². The van der Waals surface area contributed by atoms with Crippen LogP contribution in [-0.2, 0) is 19.0 Å². The van der Waals surface area contributed by atoms with Crippen molar-refractivity contribution in [2.24, 2.45) is 11.8 Å². The highest BCUT2D eigenvalue weighted by Crippen LogP contribution is 2.32. The molecule has 0 aliphatic carbocycles. The van der Waals surface area contributed by atoms with E-state index in [1.165, 1.54) is 0 Å². The fraction of sp³-hybridized carbons (Fsp3) is 0.923. The average Bonchev–Trinajstić information content (AvgIpc) is 2.37. The summed E-state index contributed by atoms with van der Waals surface area (Å²) >= 11 is 0. The minimum Gasteiger partial charge on any atom is -0.480 e. The molecule has 0 aromatic rings. The first kappa shape index (κ1) is 16.4. The Labute approximate surface area is 113 Å². The Morgan fingerprint density at radius 3 is 2.53 bits per heavy atom. The number of carbonyl (C=O) groups is 1. The number of carboxylic acid groups (broad SMARTS) is 1. The summed E-state index contributed by atoms with van der Waals surface area (Å²) in [7, 11) is 1.57. The molecule has 0 aromatic heterocycles. The van der Waals surface area contributed by atoms with E-state index in [4.69, 9.17) is 19.3 Å². The van der Waals surface area contributed by atoms with Gasteiger partial charge < -0.3 is 24.4 Å². The van der Waals surface area contributed by atoms with Crippen molar-refractivity contribution in [2.45, 2.75) is 38.6 Å². The van der Waals surface area contributed by atoms with Crippen LogP contribution in [0.25, 0.3) is 0 Å². The molecule has 0 radical (unpaired) electrons. The van der Waals surface area contributed by atoms with Crippen LogP contribution < -0.4 is 0 Å². The summed E-state index contributed by atoms with van der Waals surface area (Å²) in [6.45, 7) is 4.11. The Morgan fingerprint density at radius 2 is 2.00 bits per heavy atom. The van der Waals surface area contributed by atoms with E-state index in [1.54, 1.807) is 7.11 Å². The SMILES string of the molecule is CCC1OC(COCC(=O)O)C(COC)C(O)C1C. The van der Waals surface area contributed by atoms with E-state index >= 15 is 0 Å². The Morgan fingerprint density at radius 1 is 1.32 bits per heavy atom. The standard InChI is InChI=1S/C13H24O6/c1-4-10-8(2)13(16)9(5-17-3)11(19-10)6-18-7-12(14)15/h8-11,13,16H,4-7H2,1-3H3,(H,14,15). The Balaban J connectivity index is 2.64. The van der Waals surface area contributed by atoms with E-state index in [2.05, 4.69) is 0 Å². The summed E-state index contributed by atoms with van der Waals surface area (Å²) in [5.74, 6) is -1.18. The zero-order valence-corrected chi connectivity index (χ0v) is 11.7. The molecule has 6 heteroatoms. The van der Waals surface area contributed by atoms with Crippen molar-refractivity contribution in [1.82, 2.24) is 0 Å². The van der Waals surface area contributed by atoms with E-state index in [0.29, 0.717) is 6.61 Å². The summed E-state index contributed by atoms with van der Waals surface area (Å²) in [4.78, 5) is 10.4. The van der Waals surface area contributed by atoms with Crippen LogP contribution >= 0.6 is 0 Å². The van der Waals surface area contributed by atoms with Gasteiger partial charge in [0.25, 0.3) is 0 Å². The number of aliphatic hydroxyl groups excluding tert-OH is 1. The molecule has 0 spiro atoms. The van der Waals surface area contributed by atoms with Gasteiger partial charge in [-0.05, 0) is 6.42 Å². The van der Waals surface area contributed by atoms with Gasteiger partial charge in [0.15, 0.2) is 0 Å². The van der Waals surface area contributed by atoms with Gasteiger partial charge in [-0.25, -0.2) is 4.79 Å². The fourth-order valence-corrected chi connectivity index (χ4v) is 2.57. The molecule has 0 bridgehead atoms. The first-order valence-corrected chi connectivity index (χ1v) is 6.63. The number of hydrogen-bond acceptors (Lipinski definition) is 5. The lowest BCUT2D eigenvalue weighted by Gasteiger charge is -2.43. The summed E-state index contributed by atoms with van der Waals surface area (Å²) in [5, 5.41) is 18.9. The third-order valence-electron chi connectivity index (χ3n) is 3.66. The van der Waals surface area contributed by atoms with Gasteiger partial charge in [0.05, 0.1) is 31.5 Å². The van der Waals surface area contributed by atoms with Crippen LogP contribution in [0.4, 0.5) is 0 Å². The monoisotopic (exact) mass is 276 g/mol. The topological polar surface area (TPSA) is 85.2 Å². The second kappa shape index (κ2) is 7.79. The highest BCUT2D eigenvalue weighted by atomic mass is 16.6. The zero-order chi connectivity index (χ0) is 14.4. The number of aliphatic carboxylic acids is 1. The smallest absolute Gasteiger partial charge is 0.329 e. The van der Waals surface area contributed by atoms with E-state index in [1.807, 2.05) is 13.8 Å². The molecule has 2 N–H and O–H groups in total. The number of carboxylic acids is 1. The summed E-state index contributed by atoms with van der Waals surface area (Å²) < 4.78 is 16.1. The third-order valence-corrected chi connectivity index (χ3v) is 3.66. The van der Waals surface area contributed by atoms with Gasteiger partial charge >= 0.3 is 5.97 Å². The van der Waals surface area contributed by atoms with Gasteiger partial charge in [-0.3, -0.25) is 0 Å². The van der Waals surface area contributed by atoms with E-state index in [-0.39, 0.29) is 37.3 Å². The minimum absolute atomic E-state index is 0.0286. The lowest BCUT2D eigenvalue weighted by atomic mass is 9.81. The van der Waals surface area contributed by atoms with Gasteiger partial charge in [-0.2, -0.15) is 0 Å². The van der Waals surface area contributed by atoms with Crippen molar-refractivity contribution in [3.05, 3.63) is 0 Å². The van der Waals surface area contributed by atoms with Gasteiger partial charge in [0.1, 0.15) is 6.61 Å². The van der Waals surface area contributed by atoms with Crippen LogP contribution in [0.1, 0.15) is 20.3 Å². The van der Waals surface area contributed by atoms with Crippen LogP contribution in [0, 0.1) is 11.8 Å². The lowest BCUT2D eigenvalue weighted by molar-refractivity contribution is -0.196. The van der Waals surface area contributed by atoms with Crippen LogP contribution in [0.2, 0.25) is 0 Å². The molecule has 6 nitrogen and oxygen atoms in total. The molecule has 5 unspecified atom stereocenters. The summed E-state index contributed by atoms with van der Waals surface area (Å²) in [6, 6.07) is 0. The number of ether oxygens (including phenoxy) is 3. The molecular weight excluding hydrogens is 252 g/mol. The van der Waals surface area contributed by atoms with Crippen LogP contribution in [0.15, 0.2) is 0 Å². The van der Waals surface area contributed by atoms with E-state index in [9.17, 15) is 9.90 Å². The van der Waals surface area contributed by atoms with Crippen LogP contribution in [-0.4, -0.2) is 61.4 Å². The summed E-state index contributed by atoms with van der Waals surface area (Å²) in [6.07, 6.45) is -0.109. The predicted molar refractivity (Wildman–Crippen MR) is 67.9 cm³/mol. The van der Waals surface area contributed by atoms with Crippen molar-refractivity contribution in [3.8, 4) is 0 Å². The number of aliphatic hydroxyl groups is 1. The maximum Gasteiger partial charge on any atom is 0.329 e. The van der Waals surface area contributed by atoms with Crippen molar-refractivity contribution >= 4 is 5.97 Å². The Kier molecular flexibility index (Phi) is 6.71. The fourth-order valence-electron chi connectivity index (χ4n) is 2.57. The highest BCUT2D eigenvalue weighted by molar-refractivity contribution is 5.67. The number of methoxy groups -OCH3 is 1. The Bertz CT molecular complexity index is 282. The minimum atomic E-state index is -1.01. The highest BCUT2D eigenvalue weighted by Gasteiger charge is 2.42. The largest absolute Gasteiger partial charge is 0.480 e. The van der Waals surface area contributed by atoms with Crippen molar-refractivity contribution in [3.63, 3.8) is 0 Å². The molecular formula is C13H24O6. The molecule has 1 saturated heterocycles. The number of rotatable bonds is 7. The zero-order valence-electron chi connectivity index (χ0n) is 11.7. The normalized spacial score (nSPS) is 35.3. The molecule has 0 amide bonds. The van der Waals surface area contributed by atoms with Gasteiger partial charge in [-0.15, -0.1) is 0 Å². The second-order valence-corrected chi connectivity index (χ2v) is 5.00. The first-order valence-electron chi connectivity index (χ1n) is 6.63. The van der Waals surface area contributed by atoms with E-state index < -0.39 is 12.1 Å². The molecule has 1 fully saturated rings. The van der Waals surface area contributed by atoms with Gasteiger partial charge in [-0.1, -0.05) is 13.8 Å². The molecule has 1 heterocycles. The van der Waals surface area contributed by atoms with Crippen molar-refractivity contribution in [2.75, 3.05) is 26.9 Å². The molecule has 0 saturated carbocycles. The molecule has 1 rings (SSSR count). The van der Waals surface area contributed by atoms with Crippen molar-refractivity contribution < 1.29 is 29.2 Å². The lowest BCUT2D eigenvalue weighted by Crippen LogP contribution is -2.53. The summed E-state index contributed by atoms with van der Waals surface area (Å²) in [5.41, 5.74) is 0. The molecule has 1 aliphatic rings. The average molecular weight is 276 g/mol. The van der Waals surface area contributed by atoms with E-state index in [0.717, 1.165) is 6.42 Å². The van der Waals surface area contributed by atoms with Gasteiger partial charge in [0.2, 0.25) is 0 Å². The first-order chi connectivity index (χ1) is 9.01. The molecule has 5 atom stereocenters.